The van der Waals surface area contributed by atoms with Gasteiger partial charge < -0.3 is 14.5 Å². The highest BCUT2D eigenvalue weighted by molar-refractivity contribution is 6.00. The lowest BCUT2D eigenvalue weighted by Crippen LogP contribution is -2.43. The summed E-state index contributed by atoms with van der Waals surface area (Å²) in [6.45, 7) is 4.93. The first kappa shape index (κ1) is 24.3. The Balaban J connectivity index is 1.71. The van der Waals surface area contributed by atoms with Crippen LogP contribution in [0.4, 0.5) is 15.9 Å². The molecule has 1 aromatic heterocycles. The Morgan fingerprint density at radius 1 is 1.14 bits per heavy atom. The van der Waals surface area contributed by atoms with Crippen LogP contribution >= 0.6 is 0 Å². The molecule has 1 amide bonds. The van der Waals surface area contributed by atoms with Crippen molar-refractivity contribution in [2.24, 2.45) is 5.92 Å². The van der Waals surface area contributed by atoms with Gasteiger partial charge in [0.15, 0.2) is 5.82 Å². The van der Waals surface area contributed by atoms with Crippen LogP contribution in [0.2, 0.25) is 0 Å². The van der Waals surface area contributed by atoms with Gasteiger partial charge in [-0.05, 0) is 63.1 Å². The lowest BCUT2D eigenvalue weighted by atomic mass is 9.97. The summed E-state index contributed by atoms with van der Waals surface area (Å²) in [6, 6.07) is 13.8. The standard InChI is InChI=1S/C27H29FN4O3/c1-4-35-27(34)20-6-5-15-32(17-20)26(33)23-16-29-24(19-9-11-21(28)12-10-19)30-25(23)31(3)22-13-7-18(2)8-14-22/h7-14,16,20H,4-6,15,17H2,1-3H3. The Bertz CT molecular complexity index is 1200. The van der Waals surface area contributed by atoms with Crippen LogP contribution in [0, 0.1) is 18.7 Å². The molecule has 4 rings (SSSR count). The van der Waals surface area contributed by atoms with Crippen molar-refractivity contribution in [1.82, 2.24) is 14.9 Å². The van der Waals surface area contributed by atoms with E-state index >= 15 is 0 Å². The smallest absolute Gasteiger partial charge is 0.310 e. The molecular weight excluding hydrogens is 447 g/mol. The highest BCUT2D eigenvalue weighted by Crippen LogP contribution is 2.30. The van der Waals surface area contributed by atoms with Crippen LogP contribution in [-0.2, 0) is 9.53 Å². The van der Waals surface area contributed by atoms with E-state index in [1.54, 1.807) is 24.0 Å². The molecule has 1 saturated heterocycles. The van der Waals surface area contributed by atoms with Gasteiger partial charge in [0.1, 0.15) is 17.2 Å². The zero-order valence-electron chi connectivity index (χ0n) is 20.2. The number of amides is 1. The minimum absolute atomic E-state index is 0.237. The number of carbonyl (C=O) groups excluding carboxylic acids is 2. The van der Waals surface area contributed by atoms with Gasteiger partial charge in [0, 0.05) is 37.6 Å². The van der Waals surface area contributed by atoms with Crippen molar-refractivity contribution in [3.8, 4) is 11.4 Å². The molecule has 1 aliphatic heterocycles. The van der Waals surface area contributed by atoms with Gasteiger partial charge in [-0.1, -0.05) is 17.7 Å². The topological polar surface area (TPSA) is 75.6 Å². The molecular formula is C27H29FN4O3. The Hall–Kier alpha value is -3.81. The van der Waals surface area contributed by atoms with Crippen molar-refractivity contribution in [3.63, 3.8) is 0 Å². The zero-order valence-corrected chi connectivity index (χ0v) is 20.2. The third-order valence-corrected chi connectivity index (χ3v) is 6.17. The van der Waals surface area contributed by atoms with Gasteiger partial charge in [-0.15, -0.1) is 0 Å². The van der Waals surface area contributed by atoms with Crippen molar-refractivity contribution in [2.45, 2.75) is 26.7 Å². The van der Waals surface area contributed by atoms with Gasteiger partial charge in [0.25, 0.3) is 5.91 Å². The second-order valence-electron chi connectivity index (χ2n) is 8.67. The van der Waals surface area contributed by atoms with Gasteiger partial charge in [-0.3, -0.25) is 9.59 Å². The van der Waals surface area contributed by atoms with Gasteiger partial charge in [-0.25, -0.2) is 14.4 Å². The summed E-state index contributed by atoms with van der Waals surface area (Å²) < 4.78 is 18.6. The van der Waals surface area contributed by atoms with Crippen LogP contribution < -0.4 is 4.90 Å². The number of likely N-dealkylation sites (tertiary alicyclic amines) is 1. The van der Waals surface area contributed by atoms with Crippen molar-refractivity contribution in [1.29, 1.82) is 0 Å². The van der Waals surface area contributed by atoms with Crippen LogP contribution in [0.25, 0.3) is 11.4 Å². The van der Waals surface area contributed by atoms with Crippen LogP contribution in [0.5, 0.6) is 0 Å². The maximum atomic E-state index is 13.6. The van der Waals surface area contributed by atoms with Crippen LogP contribution in [-0.4, -0.2) is 53.5 Å². The number of anilines is 2. The molecule has 0 N–H and O–H groups in total. The van der Waals surface area contributed by atoms with E-state index in [1.165, 1.54) is 18.3 Å². The average molecular weight is 477 g/mol. The van der Waals surface area contributed by atoms with Gasteiger partial charge in [0.05, 0.1) is 12.5 Å². The van der Waals surface area contributed by atoms with Crippen LogP contribution in [0.1, 0.15) is 35.7 Å². The number of halogens is 1. The fourth-order valence-electron chi connectivity index (χ4n) is 4.19. The fourth-order valence-corrected chi connectivity index (χ4v) is 4.19. The lowest BCUT2D eigenvalue weighted by Gasteiger charge is -2.32. The third-order valence-electron chi connectivity index (χ3n) is 6.17. The Labute approximate surface area is 204 Å². The molecule has 8 heteroatoms. The number of hydrogen-bond donors (Lipinski definition) is 0. The van der Waals surface area contributed by atoms with Gasteiger partial charge in [-0.2, -0.15) is 0 Å². The highest BCUT2D eigenvalue weighted by atomic mass is 19.1. The number of ether oxygens (including phenoxy) is 1. The molecule has 3 aromatic rings. The summed E-state index contributed by atoms with van der Waals surface area (Å²) >= 11 is 0. The number of rotatable bonds is 6. The van der Waals surface area contributed by atoms with Crippen molar-refractivity contribution < 1.29 is 18.7 Å². The SMILES string of the molecule is CCOC(=O)C1CCCN(C(=O)c2cnc(-c3ccc(F)cc3)nc2N(C)c2ccc(C)cc2)C1. The summed E-state index contributed by atoms with van der Waals surface area (Å²) in [5.74, 6) is -0.377. The Morgan fingerprint density at radius 3 is 2.54 bits per heavy atom. The number of nitrogens with zero attached hydrogens (tertiary/aromatic N) is 4. The monoisotopic (exact) mass is 476 g/mol. The van der Waals surface area contributed by atoms with Gasteiger partial charge >= 0.3 is 5.97 Å². The first-order valence-electron chi connectivity index (χ1n) is 11.8. The molecule has 0 saturated carbocycles. The Morgan fingerprint density at radius 2 is 1.86 bits per heavy atom. The number of aromatic nitrogens is 2. The molecule has 182 valence electrons. The maximum Gasteiger partial charge on any atom is 0.310 e. The molecule has 0 radical (unpaired) electrons. The summed E-state index contributed by atoms with van der Waals surface area (Å²) in [7, 11) is 1.84. The summed E-state index contributed by atoms with van der Waals surface area (Å²) in [5, 5.41) is 0. The summed E-state index contributed by atoms with van der Waals surface area (Å²) in [5.41, 5.74) is 2.95. The normalized spacial score (nSPS) is 15.5. The Kier molecular flexibility index (Phi) is 7.39. The largest absolute Gasteiger partial charge is 0.466 e. The van der Waals surface area contributed by atoms with E-state index in [9.17, 15) is 14.0 Å². The van der Waals surface area contributed by atoms with E-state index in [4.69, 9.17) is 9.72 Å². The minimum atomic E-state index is -0.348. The van der Waals surface area contributed by atoms with E-state index in [2.05, 4.69) is 4.98 Å². The molecule has 2 aromatic carbocycles. The number of benzene rings is 2. The molecule has 1 atom stereocenters. The van der Waals surface area contributed by atoms with E-state index in [0.717, 1.165) is 11.3 Å². The van der Waals surface area contributed by atoms with Crippen molar-refractivity contribution in [3.05, 3.63) is 71.7 Å². The third kappa shape index (κ3) is 5.48. The predicted molar refractivity (Wildman–Crippen MR) is 132 cm³/mol. The van der Waals surface area contributed by atoms with Gasteiger partial charge in [0.2, 0.25) is 0 Å². The van der Waals surface area contributed by atoms with Crippen molar-refractivity contribution in [2.75, 3.05) is 31.6 Å². The second-order valence-corrected chi connectivity index (χ2v) is 8.67. The molecule has 35 heavy (non-hydrogen) atoms. The molecule has 1 aliphatic rings. The van der Waals surface area contributed by atoms with Crippen LogP contribution in [0.3, 0.4) is 0 Å². The zero-order chi connectivity index (χ0) is 24.9. The molecule has 0 aliphatic carbocycles. The number of hydrogen-bond acceptors (Lipinski definition) is 6. The second kappa shape index (κ2) is 10.6. The molecule has 7 nitrogen and oxygen atoms in total. The first-order chi connectivity index (χ1) is 16.9. The number of carbonyl (C=O) groups is 2. The van der Waals surface area contributed by atoms with E-state index < -0.39 is 0 Å². The molecule has 1 unspecified atom stereocenters. The van der Waals surface area contributed by atoms with E-state index in [0.29, 0.717) is 55.3 Å². The van der Waals surface area contributed by atoms with E-state index in [-0.39, 0.29) is 23.6 Å². The fraction of sp³-hybridized carbons (Fsp3) is 0.333. The summed E-state index contributed by atoms with van der Waals surface area (Å²) in [4.78, 5) is 38.6. The minimum Gasteiger partial charge on any atom is -0.466 e. The maximum absolute atomic E-state index is 13.6. The van der Waals surface area contributed by atoms with E-state index in [1.807, 2.05) is 43.1 Å². The molecule has 1 fully saturated rings. The average Bonchev–Trinajstić information content (AvgIpc) is 2.88. The number of piperidine rings is 1. The predicted octanol–water partition coefficient (Wildman–Crippen LogP) is 4.77. The summed E-state index contributed by atoms with van der Waals surface area (Å²) in [6.07, 6.45) is 2.92. The lowest BCUT2D eigenvalue weighted by molar-refractivity contribution is -0.149. The number of esters is 1. The molecule has 0 spiro atoms. The molecule has 0 bridgehead atoms. The van der Waals surface area contributed by atoms with Crippen molar-refractivity contribution >= 4 is 23.4 Å². The number of aryl methyl sites for hydroxylation is 1. The van der Waals surface area contributed by atoms with Crippen LogP contribution in [0.15, 0.2) is 54.7 Å². The quantitative estimate of drug-likeness (QED) is 0.477. The highest BCUT2D eigenvalue weighted by Gasteiger charge is 2.32. The molecule has 2 heterocycles. The first-order valence-corrected chi connectivity index (χ1v) is 11.8.